The largest absolute Gasteiger partial charge is 0.348 e. The van der Waals surface area contributed by atoms with Crippen LogP contribution in [-0.2, 0) is 13.0 Å². The number of carbonyl (C=O) groups is 1. The van der Waals surface area contributed by atoms with E-state index in [2.05, 4.69) is 29.4 Å². The summed E-state index contributed by atoms with van der Waals surface area (Å²) in [5.41, 5.74) is 5.24. The molecule has 2 aromatic carbocycles. The van der Waals surface area contributed by atoms with Crippen LogP contribution in [0.2, 0.25) is 0 Å². The van der Waals surface area contributed by atoms with E-state index in [1.807, 2.05) is 54.6 Å². The topological polar surface area (TPSA) is 59.8 Å². The van der Waals surface area contributed by atoms with Gasteiger partial charge in [0.1, 0.15) is 5.69 Å². The number of hydrogen-bond acceptors (Lipinski definition) is 3. The molecule has 2 heterocycles. The van der Waals surface area contributed by atoms with Crippen LogP contribution in [-0.4, -0.2) is 20.7 Å². The minimum atomic E-state index is -0.161. The number of aryl methyl sites for hydroxylation is 1. The summed E-state index contributed by atoms with van der Waals surface area (Å²) < 4.78 is 1.75. The van der Waals surface area contributed by atoms with Crippen molar-refractivity contribution in [2.24, 2.45) is 0 Å². The van der Waals surface area contributed by atoms with Crippen LogP contribution < -0.4 is 5.32 Å². The molecule has 1 amide bonds. The average Bonchev–Trinajstić information content (AvgIpc) is 3.24. The molecule has 0 fully saturated rings. The molecule has 5 heteroatoms. The van der Waals surface area contributed by atoms with E-state index < -0.39 is 0 Å². The van der Waals surface area contributed by atoms with Crippen molar-refractivity contribution in [1.29, 1.82) is 0 Å². The molecule has 0 saturated heterocycles. The van der Waals surface area contributed by atoms with Gasteiger partial charge in [-0.15, -0.1) is 0 Å². The van der Waals surface area contributed by atoms with E-state index in [4.69, 9.17) is 5.10 Å². The van der Waals surface area contributed by atoms with E-state index in [0.29, 0.717) is 17.8 Å². The summed E-state index contributed by atoms with van der Waals surface area (Å²) in [4.78, 5) is 17.1. The molecule has 0 saturated carbocycles. The van der Waals surface area contributed by atoms with Crippen LogP contribution >= 0.6 is 0 Å². The molecule has 0 unspecified atom stereocenters. The Kier molecular flexibility index (Phi) is 5.47. The number of rotatable bonds is 6. The van der Waals surface area contributed by atoms with Gasteiger partial charge in [-0.1, -0.05) is 55.5 Å². The zero-order valence-corrected chi connectivity index (χ0v) is 16.2. The Labute approximate surface area is 170 Å². The van der Waals surface area contributed by atoms with Crippen LogP contribution in [0.1, 0.15) is 28.4 Å². The first-order valence-corrected chi connectivity index (χ1v) is 9.66. The molecule has 29 heavy (non-hydrogen) atoms. The highest BCUT2D eigenvalue weighted by atomic mass is 16.1. The second kappa shape index (κ2) is 8.52. The van der Waals surface area contributed by atoms with Gasteiger partial charge in [0.05, 0.1) is 11.3 Å². The summed E-state index contributed by atoms with van der Waals surface area (Å²) in [5.74, 6) is -0.161. The molecule has 5 nitrogen and oxygen atoms in total. The molecule has 1 N–H and O–H groups in total. The number of para-hydroxylation sites is 1. The van der Waals surface area contributed by atoms with Crippen molar-refractivity contribution in [3.63, 3.8) is 0 Å². The monoisotopic (exact) mass is 382 g/mol. The van der Waals surface area contributed by atoms with E-state index >= 15 is 0 Å². The molecule has 0 aliphatic rings. The predicted molar refractivity (Wildman–Crippen MR) is 114 cm³/mol. The maximum absolute atomic E-state index is 13.0. The first kappa shape index (κ1) is 18.6. The molecule has 4 aromatic rings. The van der Waals surface area contributed by atoms with Gasteiger partial charge >= 0.3 is 0 Å². The second-order valence-electron chi connectivity index (χ2n) is 6.77. The van der Waals surface area contributed by atoms with Gasteiger partial charge in [0.2, 0.25) is 0 Å². The summed E-state index contributed by atoms with van der Waals surface area (Å²) in [5, 5.41) is 7.71. The van der Waals surface area contributed by atoms with Gasteiger partial charge in [0, 0.05) is 30.7 Å². The minimum Gasteiger partial charge on any atom is -0.348 e. The third-order valence-electron chi connectivity index (χ3n) is 4.79. The van der Waals surface area contributed by atoms with Crippen molar-refractivity contribution in [2.45, 2.75) is 19.9 Å². The quantitative estimate of drug-likeness (QED) is 0.537. The average molecular weight is 382 g/mol. The SMILES string of the molecule is CCc1ccc(-c2nn(-c3ccccc3)cc2C(=O)NCc2cccnc2)cc1. The molecular formula is C24H22N4O. The summed E-state index contributed by atoms with van der Waals surface area (Å²) in [6.45, 7) is 2.54. The molecule has 0 radical (unpaired) electrons. The molecule has 0 bridgehead atoms. The molecule has 0 atom stereocenters. The summed E-state index contributed by atoms with van der Waals surface area (Å²) >= 11 is 0. The Morgan fingerprint density at radius 3 is 2.45 bits per heavy atom. The number of nitrogens with one attached hydrogen (secondary N) is 1. The van der Waals surface area contributed by atoms with Crippen molar-refractivity contribution >= 4 is 5.91 Å². The van der Waals surface area contributed by atoms with Crippen LogP contribution in [0.3, 0.4) is 0 Å². The lowest BCUT2D eigenvalue weighted by atomic mass is 10.0. The number of aromatic nitrogens is 3. The number of pyridine rings is 1. The number of nitrogens with zero attached hydrogens (tertiary/aromatic N) is 3. The molecule has 4 rings (SSSR count). The molecule has 2 aromatic heterocycles. The van der Waals surface area contributed by atoms with Gasteiger partial charge in [-0.2, -0.15) is 5.10 Å². The van der Waals surface area contributed by atoms with Gasteiger partial charge in [0.15, 0.2) is 0 Å². The van der Waals surface area contributed by atoms with Crippen molar-refractivity contribution in [3.05, 3.63) is 102 Å². The van der Waals surface area contributed by atoms with E-state index in [-0.39, 0.29) is 5.91 Å². The van der Waals surface area contributed by atoms with E-state index in [0.717, 1.165) is 23.2 Å². The molecule has 0 aliphatic heterocycles. The number of hydrogen-bond donors (Lipinski definition) is 1. The van der Waals surface area contributed by atoms with Crippen molar-refractivity contribution in [3.8, 4) is 16.9 Å². The zero-order valence-electron chi connectivity index (χ0n) is 16.2. The Balaban J connectivity index is 1.68. The highest BCUT2D eigenvalue weighted by Crippen LogP contribution is 2.24. The third kappa shape index (κ3) is 4.24. The highest BCUT2D eigenvalue weighted by molar-refractivity contribution is 5.99. The van der Waals surface area contributed by atoms with Crippen LogP contribution in [0.15, 0.2) is 85.3 Å². The molecular weight excluding hydrogens is 360 g/mol. The van der Waals surface area contributed by atoms with Gasteiger partial charge in [-0.05, 0) is 35.7 Å². The summed E-state index contributed by atoms with van der Waals surface area (Å²) in [7, 11) is 0. The summed E-state index contributed by atoms with van der Waals surface area (Å²) in [6, 6.07) is 21.8. The Bertz CT molecular complexity index is 1090. The number of benzene rings is 2. The van der Waals surface area contributed by atoms with Crippen LogP contribution in [0.5, 0.6) is 0 Å². The molecule has 0 spiro atoms. The lowest BCUT2D eigenvalue weighted by Crippen LogP contribution is -2.23. The predicted octanol–water partition coefficient (Wildman–Crippen LogP) is 4.43. The van der Waals surface area contributed by atoms with Gasteiger partial charge in [0.25, 0.3) is 5.91 Å². The fraction of sp³-hybridized carbons (Fsp3) is 0.125. The summed E-state index contributed by atoms with van der Waals surface area (Å²) in [6.07, 6.45) is 6.22. The fourth-order valence-corrected chi connectivity index (χ4v) is 3.14. The smallest absolute Gasteiger partial charge is 0.255 e. The Morgan fingerprint density at radius 2 is 1.76 bits per heavy atom. The van der Waals surface area contributed by atoms with Gasteiger partial charge in [-0.3, -0.25) is 9.78 Å². The van der Waals surface area contributed by atoms with Crippen molar-refractivity contribution < 1.29 is 4.79 Å². The highest BCUT2D eigenvalue weighted by Gasteiger charge is 2.18. The molecule has 144 valence electrons. The van der Waals surface area contributed by atoms with E-state index in [1.54, 1.807) is 23.3 Å². The number of amides is 1. The first-order valence-electron chi connectivity index (χ1n) is 9.66. The van der Waals surface area contributed by atoms with Crippen LogP contribution in [0.4, 0.5) is 0 Å². The van der Waals surface area contributed by atoms with Crippen molar-refractivity contribution in [2.75, 3.05) is 0 Å². The molecule has 0 aliphatic carbocycles. The Morgan fingerprint density at radius 1 is 0.966 bits per heavy atom. The maximum atomic E-state index is 13.0. The standard InChI is InChI=1S/C24H22N4O/c1-2-18-10-12-20(13-11-18)23-22(17-28(27-23)21-8-4-3-5-9-21)24(29)26-16-19-7-6-14-25-15-19/h3-15,17H,2,16H2,1H3,(H,26,29). The fourth-order valence-electron chi connectivity index (χ4n) is 3.14. The normalized spacial score (nSPS) is 10.7. The minimum absolute atomic E-state index is 0.161. The van der Waals surface area contributed by atoms with Gasteiger partial charge < -0.3 is 5.32 Å². The first-order chi connectivity index (χ1) is 14.2. The van der Waals surface area contributed by atoms with E-state index in [9.17, 15) is 4.79 Å². The second-order valence-corrected chi connectivity index (χ2v) is 6.77. The number of carbonyl (C=O) groups excluding carboxylic acids is 1. The van der Waals surface area contributed by atoms with Crippen LogP contribution in [0.25, 0.3) is 16.9 Å². The van der Waals surface area contributed by atoms with Gasteiger partial charge in [-0.25, -0.2) is 4.68 Å². The van der Waals surface area contributed by atoms with Crippen LogP contribution in [0, 0.1) is 0 Å². The maximum Gasteiger partial charge on any atom is 0.255 e. The Hall–Kier alpha value is -3.73. The van der Waals surface area contributed by atoms with Crippen molar-refractivity contribution in [1.82, 2.24) is 20.1 Å². The lowest BCUT2D eigenvalue weighted by molar-refractivity contribution is 0.0951. The third-order valence-corrected chi connectivity index (χ3v) is 4.79. The zero-order chi connectivity index (χ0) is 20.1. The lowest BCUT2D eigenvalue weighted by Gasteiger charge is -2.06. The van der Waals surface area contributed by atoms with E-state index in [1.165, 1.54) is 5.56 Å².